The number of fused-ring (bicyclic) bond motifs is 1. The fourth-order valence-electron chi connectivity index (χ4n) is 3.66. The first-order valence-electron chi connectivity index (χ1n) is 9.78. The number of rotatable bonds is 7. The molecule has 4 rings (SSSR count). The Labute approximate surface area is 158 Å². The molecule has 0 spiro atoms. The van der Waals surface area contributed by atoms with Crippen LogP contribution in [-0.2, 0) is 35.6 Å². The van der Waals surface area contributed by atoms with Gasteiger partial charge in [-0.15, -0.1) is 0 Å². The van der Waals surface area contributed by atoms with Crippen molar-refractivity contribution in [3.63, 3.8) is 0 Å². The van der Waals surface area contributed by atoms with Gasteiger partial charge >= 0.3 is 0 Å². The highest BCUT2D eigenvalue weighted by Crippen LogP contribution is 2.29. The van der Waals surface area contributed by atoms with Crippen LogP contribution in [0.3, 0.4) is 0 Å². The number of amides is 2. The second-order valence-electron chi connectivity index (χ2n) is 7.47. The molecule has 2 aromatic heterocycles. The molecule has 1 aliphatic heterocycles. The maximum absolute atomic E-state index is 12.4. The fourth-order valence-corrected chi connectivity index (χ4v) is 3.66. The molecule has 0 saturated heterocycles. The first-order valence-corrected chi connectivity index (χ1v) is 9.78. The van der Waals surface area contributed by atoms with Gasteiger partial charge < -0.3 is 10.2 Å². The van der Waals surface area contributed by atoms with Crippen LogP contribution < -0.4 is 5.32 Å². The number of nitrogens with zero attached hydrogens (tertiary/aromatic N) is 4. The average Bonchev–Trinajstić information content (AvgIpc) is 3.26. The molecule has 0 aromatic carbocycles. The van der Waals surface area contributed by atoms with Crippen LogP contribution in [0.15, 0.2) is 18.5 Å². The van der Waals surface area contributed by atoms with Gasteiger partial charge in [-0.05, 0) is 37.3 Å². The summed E-state index contributed by atoms with van der Waals surface area (Å²) in [5, 5.41) is 14.2. The topological polar surface area (TPSA) is 95.9 Å². The lowest BCUT2D eigenvalue weighted by atomic mass is 9.84. The fraction of sp³-hybridized carbons (Fsp3) is 0.579. The molecule has 0 unspecified atom stereocenters. The molecule has 0 radical (unpaired) electrons. The third-order valence-corrected chi connectivity index (χ3v) is 5.51. The molecule has 1 saturated carbocycles. The van der Waals surface area contributed by atoms with Crippen LogP contribution in [0.25, 0.3) is 0 Å². The van der Waals surface area contributed by atoms with Gasteiger partial charge in [0.2, 0.25) is 11.8 Å². The minimum atomic E-state index is 0.0336. The molecule has 0 atom stereocenters. The minimum Gasteiger partial charge on any atom is -0.350 e. The predicted octanol–water partition coefficient (Wildman–Crippen LogP) is 1.39. The molecule has 3 heterocycles. The van der Waals surface area contributed by atoms with Crippen molar-refractivity contribution in [1.82, 2.24) is 30.2 Å². The maximum atomic E-state index is 12.4. The van der Waals surface area contributed by atoms with Gasteiger partial charge in [-0.1, -0.05) is 6.42 Å². The normalized spacial score (nSPS) is 16.7. The van der Waals surface area contributed by atoms with Crippen molar-refractivity contribution >= 4 is 11.8 Å². The number of carbonyl (C=O) groups excluding carboxylic acids is 2. The molecular formula is C19H26N6O2. The number of aromatic amines is 1. The van der Waals surface area contributed by atoms with Crippen LogP contribution in [-0.4, -0.2) is 43.2 Å². The van der Waals surface area contributed by atoms with Crippen LogP contribution in [0.5, 0.6) is 0 Å². The van der Waals surface area contributed by atoms with E-state index in [1.807, 2.05) is 21.8 Å². The summed E-state index contributed by atoms with van der Waals surface area (Å²) in [6.45, 7) is 2.51. The first kappa shape index (κ1) is 17.8. The van der Waals surface area contributed by atoms with Gasteiger partial charge in [0.15, 0.2) is 0 Å². The molecule has 8 nitrogen and oxygen atoms in total. The largest absolute Gasteiger partial charge is 0.350 e. The second kappa shape index (κ2) is 7.94. The van der Waals surface area contributed by atoms with E-state index in [-0.39, 0.29) is 11.8 Å². The summed E-state index contributed by atoms with van der Waals surface area (Å²) in [4.78, 5) is 26.4. The van der Waals surface area contributed by atoms with Crippen molar-refractivity contribution in [2.24, 2.45) is 5.92 Å². The number of H-pyrrole nitrogens is 1. The predicted molar refractivity (Wildman–Crippen MR) is 98.4 cm³/mol. The monoisotopic (exact) mass is 370 g/mol. The Kier molecular flexibility index (Phi) is 5.22. The van der Waals surface area contributed by atoms with Gasteiger partial charge in [-0.25, -0.2) is 0 Å². The van der Waals surface area contributed by atoms with Gasteiger partial charge in [0, 0.05) is 25.1 Å². The van der Waals surface area contributed by atoms with E-state index < -0.39 is 0 Å². The highest BCUT2D eigenvalue weighted by Gasteiger charge is 2.31. The Morgan fingerprint density at radius 2 is 2.19 bits per heavy atom. The number of aromatic nitrogens is 4. The summed E-state index contributed by atoms with van der Waals surface area (Å²) in [5.41, 5.74) is 3.02. The van der Waals surface area contributed by atoms with Crippen molar-refractivity contribution in [2.45, 2.75) is 58.2 Å². The molecule has 0 bridgehead atoms. The zero-order chi connectivity index (χ0) is 18.6. The maximum Gasteiger partial charge on any atom is 0.226 e. The Bertz CT molecular complexity index is 793. The standard InChI is InChI=1S/C19H26N6O2/c26-18(6-1-3-14-10-21-22-11-14)20-12-16-9-17-13-24(7-8-25(17)23-16)19(27)15-4-2-5-15/h9-11,15H,1-8,12-13H2,(H,20,26)(H,21,22). The van der Waals surface area contributed by atoms with Gasteiger partial charge in [-0.2, -0.15) is 10.2 Å². The Morgan fingerprint density at radius 3 is 2.93 bits per heavy atom. The van der Waals surface area contributed by atoms with E-state index in [1.165, 1.54) is 6.42 Å². The summed E-state index contributed by atoms with van der Waals surface area (Å²) in [5.74, 6) is 0.563. The number of nitrogens with one attached hydrogen (secondary N) is 2. The molecule has 144 valence electrons. The molecule has 2 aromatic rings. The molecule has 2 amide bonds. The third kappa shape index (κ3) is 4.20. The summed E-state index contributed by atoms with van der Waals surface area (Å²) in [6, 6.07) is 2.01. The van der Waals surface area contributed by atoms with E-state index in [9.17, 15) is 9.59 Å². The van der Waals surface area contributed by atoms with E-state index in [0.29, 0.717) is 25.4 Å². The Hall–Kier alpha value is -2.64. The van der Waals surface area contributed by atoms with Crippen LogP contribution in [0, 0.1) is 5.92 Å². The van der Waals surface area contributed by atoms with Crippen LogP contribution in [0.1, 0.15) is 49.1 Å². The Balaban J connectivity index is 1.23. The molecule has 1 aliphatic carbocycles. The summed E-state index contributed by atoms with van der Waals surface area (Å²) in [6.07, 6.45) is 9.01. The van der Waals surface area contributed by atoms with Crippen molar-refractivity contribution in [3.05, 3.63) is 35.4 Å². The quantitative estimate of drug-likeness (QED) is 0.770. The van der Waals surface area contributed by atoms with E-state index in [0.717, 1.165) is 55.7 Å². The van der Waals surface area contributed by atoms with Crippen molar-refractivity contribution < 1.29 is 9.59 Å². The second-order valence-corrected chi connectivity index (χ2v) is 7.47. The molecule has 8 heteroatoms. The first-order chi connectivity index (χ1) is 13.2. The number of aryl methyl sites for hydroxylation is 1. The minimum absolute atomic E-state index is 0.0336. The number of carbonyl (C=O) groups is 2. The lowest BCUT2D eigenvalue weighted by Crippen LogP contribution is -2.43. The van der Waals surface area contributed by atoms with Gasteiger partial charge in [-0.3, -0.25) is 19.4 Å². The van der Waals surface area contributed by atoms with E-state index >= 15 is 0 Å². The van der Waals surface area contributed by atoms with E-state index in [2.05, 4.69) is 20.6 Å². The lowest BCUT2D eigenvalue weighted by Gasteiger charge is -2.34. The van der Waals surface area contributed by atoms with Crippen LogP contribution in [0.4, 0.5) is 0 Å². The molecule has 1 fully saturated rings. The zero-order valence-corrected chi connectivity index (χ0v) is 15.5. The third-order valence-electron chi connectivity index (χ3n) is 5.51. The van der Waals surface area contributed by atoms with Crippen molar-refractivity contribution in [2.75, 3.05) is 6.54 Å². The summed E-state index contributed by atoms with van der Waals surface area (Å²) >= 11 is 0. The highest BCUT2D eigenvalue weighted by molar-refractivity contribution is 5.79. The highest BCUT2D eigenvalue weighted by atomic mass is 16.2. The van der Waals surface area contributed by atoms with Crippen molar-refractivity contribution in [3.8, 4) is 0 Å². The molecular weight excluding hydrogens is 344 g/mol. The van der Waals surface area contributed by atoms with E-state index in [1.54, 1.807) is 6.20 Å². The molecule has 27 heavy (non-hydrogen) atoms. The van der Waals surface area contributed by atoms with Crippen LogP contribution in [0.2, 0.25) is 0 Å². The smallest absolute Gasteiger partial charge is 0.226 e. The van der Waals surface area contributed by atoms with Crippen LogP contribution >= 0.6 is 0 Å². The SMILES string of the molecule is O=C(CCCc1cn[nH]c1)NCc1cc2n(n1)CCN(C(=O)C1CCC1)C2. The zero-order valence-electron chi connectivity index (χ0n) is 15.5. The number of hydrogen-bond acceptors (Lipinski definition) is 4. The molecule has 2 N–H and O–H groups in total. The van der Waals surface area contributed by atoms with Gasteiger partial charge in [0.25, 0.3) is 0 Å². The lowest BCUT2D eigenvalue weighted by molar-refractivity contribution is -0.139. The number of hydrogen-bond donors (Lipinski definition) is 2. The Morgan fingerprint density at radius 1 is 1.30 bits per heavy atom. The summed E-state index contributed by atoms with van der Waals surface area (Å²) in [7, 11) is 0. The van der Waals surface area contributed by atoms with E-state index in [4.69, 9.17) is 0 Å². The van der Waals surface area contributed by atoms with Gasteiger partial charge in [0.1, 0.15) is 0 Å². The van der Waals surface area contributed by atoms with Gasteiger partial charge in [0.05, 0.1) is 37.2 Å². The van der Waals surface area contributed by atoms with Crippen molar-refractivity contribution in [1.29, 1.82) is 0 Å². The summed E-state index contributed by atoms with van der Waals surface area (Å²) < 4.78 is 1.96. The molecule has 2 aliphatic rings. The average molecular weight is 370 g/mol.